The van der Waals surface area contributed by atoms with Crippen LogP contribution in [0, 0.1) is 12.3 Å². The van der Waals surface area contributed by atoms with E-state index in [1.807, 2.05) is 22.7 Å². The van der Waals surface area contributed by atoms with Crippen LogP contribution in [0.4, 0.5) is 5.82 Å². The van der Waals surface area contributed by atoms with E-state index in [2.05, 4.69) is 88.7 Å². The minimum atomic E-state index is 0.147. The van der Waals surface area contributed by atoms with Crippen LogP contribution in [0.3, 0.4) is 0 Å². The zero-order chi connectivity index (χ0) is 22.0. The summed E-state index contributed by atoms with van der Waals surface area (Å²) in [7, 11) is 4.39. The number of aromatic nitrogens is 3. The van der Waals surface area contributed by atoms with Crippen LogP contribution in [0.25, 0.3) is 28.2 Å². The summed E-state index contributed by atoms with van der Waals surface area (Å²) in [4.78, 5) is 6.37. The molecule has 0 aliphatic carbocycles. The van der Waals surface area contributed by atoms with Crippen LogP contribution < -0.4 is 10.2 Å². The van der Waals surface area contributed by atoms with Crippen molar-refractivity contribution in [2.45, 2.75) is 20.8 Å². The van der Waals surface area contributed by atoms with Crippen molar-refractivity contribution in [3.05, 3.63) is 72.3 Å². The molecule has 0 amide bonds. The van der Waals surface area contributed by atoms with Gasteiger partial charge in [0.15, 0.2) is 5.65 Å². The number of anilines is 1. The lowest BCUT2D eigenvalue weighted by Crippen LogP contribution is -3.07. The van der Waals surface area contributed by atoms with E-state index < -0.39 is 0 Å². The Morgan fingerprint density at radius 2 is 1.65 bits per heavy atom. The maximum Gasteiger partial charge on any atom is 0.158 e. The SMILES string of the molecule is Cc1cccc(-c2cc3nc(-c4ccccc4)cc(NCC(C)(C)C[NH+](C)C)n3n2)c1. The van der Waals surface area contributed by atoms with Gasteiger partial charge in [-0.3, -0.25) is 0 Å². The van der Waals surface area contributed by atoms with E-state index in [9.17, 15) is 0 Å². The Balaban J connectivity index is 1.77. The highest BCUT2D eigenvalue weighted by atomic mass is 15.3. The van der Waals surface area contributed by atoms with Crippen molar-refractivity contribution in [2.75, 3.05) is 32.5 Å². The average molecular weight is 415 g/mol. The second-order valence-corrected chi connectivity index (χ2v) is 9.46. The molecule has 160 valence electrons. The molecule has 0 aliphatic heterocycles. The molecule has 5 nitrogen and oxygen atoms in total. The number of nitrogens with one attached hydrogen (secondary N) is 2. The first-order valence-electron chi connectivity index (χ1n) is 10.9. The Morgan fingerprint density at radius 1 is 0.903 bits per heavy atom. The normalized spacial score (nSPS) is 11.9. The molecule has 4 rings (SSSR count). The number of hydrogen-bond acceptors (Lipinski definition) is 3. The number of quaternary nitrogens is 1. The lowest BCUT2D eigenvalue weighted by Gasteiger charge is -2.26. The molecule has 2 N–H and O–H groups in total. The first-order chi connectivity index (χ1) is 14.8. The summed E-state index contributed by atoms with van der Waals surface area (Å²) in [5.41, 5.74) is 6.30. The molecular formula is C26H32N5+. The third-order valence-corrected chi connectivity index (χ3v) is 5.39. The molecule has 2 aromatic carbocycles. The second-order valence-electron chi connectivity index (χ2n) is 9.46. The van der Waals surface area contributed by atoms with Crippen molar-refractivity contribution in [2.24, 2.45) is 5.41 Å². The van der Waals surface area contributed by atoms with Crippen LogP contribution >= 0.6 is 0 Å². The highest BCUT2D eigenvalue weighted by molar-refractivity contribution is 5.71. The second kappa shape index (κ2) is 8.52. The maximum absolute atomic E-state index is 4.92. The molecule has 0 radical (unpaired) electrons. The van der Waals surface area contributed by atoms with Gasteiger partial charge in [-0.15, -0.1) is 0 Å². The Kier molecular flexibility index (Phi) is 5.79. The molecule has 0 bridgehead atoms. The molecule has 31 heavy (non-hydrogen) atoms. The predicted molar refractivity (Wildman–Crippen MR) is 129 cm³/mol. The number of nitrogens with zero attached hydrogens (tertiary/aromatic N) is 3. The largest absolute Gasteiger partial charge is 0.369 e. The molecule has 0 unspecified atom stereocenters. The van der Waals surface area contributed by atoms with Crippen molar-refractivity contribution in [3.63, 3.8) is 0 Å². The van der Waals surface area contributed by atoms with E-state index in [1.54, 1.807) is 0 Å². The third-order valence-electron chi connectivity index (χ3n) is 5.39. The molecule has 4 aromatic rings. The Labute approximate surface area is 184 Å². The van der Waals surface area contributed by atoms with Crippen LogP contribution in [0.15, 0.2) is 66.7 Å². The molecule has 0 fully saturated rings. The molecular weight excluding hydrogens is 382 g/mol. The molecule has 2 heterocycles. The van der Waals surface area contributed by atoms with Crippen LogP contribution in [0.2, 0.25) is 0 Å². The molecule has 5 heteroatoms. The highest BCUT2D eigenvalue weighted by Gasteiger charge is 2.22. The van der Waals surface area contributed by atoms with Gasteiger partial charge in [-0.2, -0.15) is 9.61 Å². The summed E-state index contributed by atoms with van der Waals surface area (Å²) in [6.07, 6.45) is 0. The van der Waals surface area contributed by atoms with Crippen molar-refractivity contribution < 1.29 is 4.90 Å². The smallest absolute Gasteiger partial charge is 0.158 e. The minimum absolute atomic E-state index is 0.147. The fourth-order valence-electron chi connectivity index (χ4n) is 4.15. The minimum Gasteiger partial charge on any atom is -0.369 e. The van der Waals surface area contributed by atoms with Gasteiger partial charge in [-0.1, -0.05) is 67.9 Å². The number of rotatable bonds is 7. The lowest BCUT2D eigenvalue weighted by molar-refractivity contribution is -0.865. The van der Waals surface area contributed by atoms with Gasteiger partial charge in [0.05, 0.1) is 32.0 Å². The number of hydrogen-bond donors (Lipinski definition) is 2. The quantitative estimate of drug-likeness (QED) is 0.481. The van der Waals surface area contributed by atoms with E-state index in [0.29, 0.717) is 0 Å². The van der Waals surface area contributed by atoms with E-state index in [4.69, 9.17) is 10.1 Å². The van der Waals surface area contributed by atoms with Gasteiger partial charge in [0.1, 0.15) is 5.82 Å². The number of fused-ring (bicyclic) bond motifs is 1. The van der Waals surface area contributed by atoms with E-state index in [-0.39, 0.29) is 5.41 Å². The topological polar surface area (TPSA) is 46.7 Å². The Hall–Kier alpha value is -3.18. The first kappa shape index (κ1) is 21.1. The van der Waals surface area contributed by atoms with Crippen LogP contribution in [0.5, 0.6) is 0 Å². The molecule has 0 aliphatic rings. The van der Waals surface area contributed by atoms with E-state index in [0.717, 1.165) is 47.1 Å². The summed E-state index contributed by atoms with van der Waals surface area (Å²) in [5.74, 6) is 0.963. The van der Waals surface area contributed by atoms with Crippen molar-refractivity contribution in [3.8, 4) is 22.5 Å². The lowest BCUT2D eigenvalue weighted by atomic mass is 9.93. The van der Waals surface area contributed by atoms with Gasteiger partial charge in [0.25, 0.3) is 0 Å². The predicted octanol–water partition coefficient (Wildman–Crippen LogP) is 3.95. The van der Waals surface area contributed by atoms with Crippen LogP contribution in [-0.4, -0.2) is 41.8 Å². The van der Waals surface area contributed by atoms with Crippen LogP contribution in [0.1, 0.15) is 19.4 Å². The summed E-state index contributed by atoms with van der Waals surface area (Å²) in [6, 6.07) is 22.9. The number of aryl methyl sites for hydroxylation is 1. The Bertz CT molecular complexity index is 1180. The summed E-state index contributed by atoms with van der Waals surface area (Å²) < 4.78 is 1.93. The Morgan fingerprint density at radius 3 is 2.35 bits per heavy atom. The number of benzene rings is 2. The molecule has 0 saturated heterocycles. The van der Waals surface area contributed by atoms with Crippen molar-refractivity contribution >= 4 is 11.5 Å². The fourth-order valence-corrected chi connectivity index (χ4v) is 4.15. The summed E-state index contributed by atoms with van der Waals surface area (Å²) in [5, 5.41) is 8.57. The first-order valence-corrected chi connectivity index (χ1v) is 10.9. The van der Waals surface area contributed by atoms with Gasteiger partial charge in [0.2, 0.25) is 0 Å². The maximum atomic E-state index is 4.92. The van der Waals surface area contributed by atoms with E-state index >= 15 is 0 Å². The van der Waals surface area contributed by atoms with Gasteiger partial charge >= 0.3 is 0 Å². The average Bonchev–Trinajstić information content (AvgIpc) is 3.16. The van der Waals surface area contributed by atoms with Gasteiger partial charge < -0.3 is 10.2 Å². The van der Waals surface area contributed by atoms with E-state index in [1.165, 1.54) is 10.5 Å². The van der Waals surface area contributed by atoms with Gasteiger partial charge in [0, 0.05) is 35.2 Å². The standard InChI is InChI=1S/C26H31N5/c1-19-10-9-13-21(14-19)23-16-25-28-22(20-11-7-6-8-12-20)15-24(31(25)29-23)27-17-26(2,3)18-30(4)5/h6-16,27H,17-18H2,1-5H3/p+1. The monoisotopic (exact) mass is 414 g/mol. The molecule has 0 atom stereocenters. The summed E-state index contributed by atoms with van der Waals surface area (Å²) in [6.45, 7) is 8.63. The summed E-state index contributed by atoms with van der Waals surface area (Å²) >= 11 is 0. The van der Waals surface area contributed by atoms with Gasteiger partial charge in [-0.25, -0.2) is 4.98 Å². The third kappa shape index (κ3) is 4.94. The molecule has 2 aromatic heterocycles. The zero-order valence-electron chi connectivity index (χ0n) is 19.1. The van der Waals surface area contributed by atoms with Gasteiger partial charge in [-0.05, 0) is 13.0 Å². The fraction of sp³-hybridized carbons (Fsp3) is 0.308. The molecule has 0 saturated carbocycles. The highest BCUT2D eigenvalue weighted by Crippen LogP contribution is 2.27. The zero-order valence-corrected chi connectivity index (χ0v) is 19.1. The molecule has 0 spiro atoms. The van der Waals surface area contributed by atoms with Crippen molar-refractivity contribution in [1.29, 1.82) is 0 Å². The van der Waals surface area contributed by atoms with Crippen molar-refractivity contribution in [1.82, 2.24) is 14.6 Å². The van der Waals surface area contributed by atoms with Crippen LogP contribution in [-0.2, 0) is 0 Å².